The van der Waals surface area contributed by atoms with Crippen molar-refractivity contribution in [1.82, 2.24) is 15.2 Å². The summed E-state index contributed by atoms with van der Waals surface area (Å²) in [4.78, 5) is 15.8. The molecule has 3 rings (SSSR count). The van der Waals surface area contributed by atoms with Crippen LogP contribution in [0.1, 0.15) is 22.8 Å². The molecule has 0 unspecified atom stereocenters. The molecule has 0 radical (unpaired) electrons. The molecule has 1 amide bonds. The number of nitrogens with two attached hydrogens (primary N) is 1. The molecule has 0 aliphatic carbocycles. The largest absolute Gasteiger partial charge is 0.416 e. The minimum Gasteiger partial charge on any atom is -0.365 e. The fourth-order valence-electron chi connectivity index (χ4n) is 2.63. The number of carbonyl (C=O) groups excluding carboxylic acids is 1. The van der Waals surface area contributed by atoms with Crippen molar-refractivity contribution in [3.05, 3.63) is 53.7 Å². The van der Waals surface area contributed by atoms with E-state index in [-0.39, 0.29) is 28.6 Å². The lowest BCUT2D eigenvalue weighted by Crippen LogP contribution is -2.14. The third kappa shape index (κ3) is 5.12. The summed E-state index contributed by atoms with van der Waals surface area (Å²) in [6, 6.07) is 7.57. The predicted octanol–water partition coefficient (Wildman–Crippen LogP) is 3.09. The normalized spacial score (nSPS) is 11.9. The van der Waals surface area contributed by atoms with E-state index >= 15 is 0 Å². The summed E-state index contributed by atoms with van der Waals surface area (Å²) in [7, 11) is -3.46. The predicted molar refractivity (Wildman–Crippen MR) is 108 cm³/mol. The summed E-state index contributed by atoms with van der Waals surface area (Å²) in [5, 5.41) is 9.13. The van der Waals surface area contributed by atoms with Crippen molar-refractivity contribution in [3.8, 4) is 11.3 Å². The Morgan fingerprint density at radius 3 is 2.45 bits per heavy atom. The van der Waals surface area contributed by atoms with Crippen LogP contribution in [-0.4, -0.2) is 35.3 Å². The minimum absolute atomic E-state index is 0.0370. The number of sulfonamides is 1. The number of anilines is 3. The van der Waals surface area contributed by atoms with Crippen molar-refractivity contribution in [3.63, 3.8) is 0 Å². The standard InChI is InChI=1S/C18H17F3N6O3S/c1-2-31(29,30)27-12-5-3-10(4-6-12)15-14(16(22)28)17(26-25-15)24-13-9-11(7-8-23-13)18(19,20)21/h3-9,27H,2H2,1H3,(H2,22,28)(H2,23,24,25,26). The number of alkyl halides is 3. The lowest BCUT2D eigenvalue weighted by molar-refractivity contribution is -0.137. The van der Waals surface area contributed by atoms with Gasteiger partial charge in [-0.3, -0.25) is 14.6 Å². The average molecular weight is 454 g/mol. The fraction of sp³-hybridized carbons (Fsp3) is 0.167. The van der Waals surface area contributed by atoms with Gasteiger partial charge in [0.15, 0.2) is 0 Å². The summed E-state index contributed by atoms with van der Waals surface area (Å²) in [5.74, 6) is -1.19. The molecule has 0 saturated carbocycles. The minimum atomic E-state index is -4.56. The number of benzene rings is 1. The van der Waals surface area contributed by atoms with Crippen LogP contribution in [-0.2, 0) is 16.2 Å². The molecular formula is C18H17F3N6O3S. The molecule has 5 N–H and O–H groups in total. The molecule has 0 fully saturated rings. The molecule has 0 aliphatic rings. The van der Waals surface area contributed by atoms with Crippen molar-refractivity contribution < 1.29 is 26.4 Å². The van der Waals surface area contributed by atoms with E-state index in [1.807, 2.05) is 0 Å². The van der Waals surface area contributed by atoms with E-state index in [9.17, 15) is 26.4 Å². The van der Waals surface area contributed by atoms with Crippen LogP contribution < -0.4 is 15.8 Å². The number of nitrogens with one attached hydrogen (secondary N) is 3. The number of H-pyrrole nitrogens is 1. The van der Waals surface area contributed by atoms with Crippen molar-refractivity contribution in [1.29, 1.82) is 0 Å². The highest BCUT2D eigenvalue weighted by molar-refractivity contribution is 7.92. The van der Waals surface area contributed by atoms with Crippen molar-refractivity contribution >= 4 is 33.3 Å². The maximum Gasteiger partial charge on any atom is 0.416 e. The van der Waals surface area contributed by atoms with Crippen LogP contribution in [0.4, 0.5) is 30.5 Å². The second-order valence-corrected chi connectivity index (χ2v) is 8.33. The van der Waals surface area contributed by atoms with Gasteiger partial charge in [0.05, 0.1) is 11.3 Å². The average Bonchev–Trinajstić information content (AvgIpc) is 3.11. The van der Waals surface area contributed by atoms with Gasteiger partial charge >= 0.3 is 6.18 Å². The lowest BCUT2D eigenvalue weighted by Gasteiger charge is -2.09. The van der Waals surface area contributed by atoms with Crippen LogP contribution in [0.3, 0.4) is 0 Å². The molecule has 164 valence electrons. The Kier molecular flexibility index (Phi) is 5.88. The summed E-state index contributed by atoms with van der Waals surface area (Å²) in [5.41, 5.74) is 5.30. The van der Waals surface area contributed by atoms with E-state index in [4.69, 9.17) is 5.73 Å². The first-order valence-electron chi connectivity index (χ1n) is 8.79. The first-order valence-corrected chi connectivity index (χ1v) is 10.4. The van der Waals surface area contributed by atoms with E-state index in [1.165, 1.54) is 31.2 Å². The van der Waals surface area contributed by atoms with Crippen LogP contribution in [0.5, 0.6) is 0 Å². The summed E-state index contributed by atoms with van der Waals surface area (Å²) in [6.45, 7) is 1.49. The zero-order valence-electron chi connectivity index (χ0n) is 16.0. The van der Waals surface area contributed by atoms with Gasteiger partial charge in [-0.25, -0.2) is 13.4 Å². The number of hydrogen-bond donors (Lipinski definition) is 4. The third-order valence-corrected chi connectivity index (χ3v) is 5.47. The van der Waals surface area contributed by atoms with Gasteiger partial charge in [-0.2, -0.15) is 18.3 Å². The van der Waals surface area contributed by atoms with Crippen LogP contribution in [0, 0.1) is 0 Å². The molecule has 3 aromatic rings. The van der Waals surface area contributed by atoms with Gasteiger partial charge in [0, 0.05) is 17.4 Å². The fourth-order valence-corrected chi connectivity index (χ4v) is 3.27. The molecule has 2 heterocycles. The molecule has 0 saturated heterocycles. The Bertz CT molecular complexity index is 1210. The van der Waals surface area contributed by atoms with Gasteiger partial charge in [-0.05, 0) is 31.2 Å². The maximum atomic E-state index is 12.9. The summed E-state index contributed by atoms with van der Waals surface area (Å²) >= 11 is 0. The number of aromatic amines is 1. The van der Waals surface area contributed by atoms with Gasteiger partial charge in [0.2, 0.25) is 10.0 Å². The quantitative estimate of drug-likeness (QED) is 0.432. The number of nitrogens with zero attached hydrogens (tertiary/aromatic N) is 2. The molecule has 0 aliphatic heterocycles. The summed E-state index contributed by atoms with van der Waals surface area (Å²) < 4.78 is 64.4. The third-order valence-electron chi connectivity index (χ3n) is 4.16. The van der Waals surface area contributed by atoms with Crippen LogP contribution in [0.2, 0.25) is 0 Å². The van der Waals surface area contributed by atoms with Gasteiger partial charge < -0.3 is 11.1 Å². The molecule has 9 nitrogen and oxygen atoms in total. The Hall–Kier alpha value is -3.61. The molecule has 0 spiro atoms. The molecule has 31 heavy (non-hydrogen) atoms. The van der Waals surface area contributed by atoms with Crippen molar-refractivity contribution in [2.45, 2.75) is 13.1 Å². The topological polar surface area (TPSA) is 143 Å². The molecule has 0 bridgehead atoms. The number of primary amides is 1. The van der Waals surface area contributed by atoms with Crippen LogP contribution >= 0.6 is 0 Å². The van der Waals surface area contributed by atoms with Crippen molar-refractivity contribution in [2.75, 3.05) is 15.8 Å². The van der Waals surface area contributed by atoms with E-state index in [0.29, 0.717) is 11.3 Å². The number of rotatable bonds is 7. The Balaban J connectivity index is 1.92. The molecular weight excluding hydrogens is 437 g/mol. The second-order valence-electron chi connectivity index (χ2n) is 6.32. The van der Waals surface area contributed by atoms with Gasteiger partial charge in [-0.15, -0.1) is 0 Å². The van der Waals surface area contributed by atoms with E-state index in [0.717, 1.165) is 18.3 Å². The Morgan fingerprint density at radius 2 is 1.87 bits per heavy atom. The number of aromatic nitrogens is 3. The van der Waals surface area contributed by atoms with Crippen LogP contribution in [0.15, 0.2) is 42.6 Å². The first kappa shape index (κ1) is 22.1. The first-order chi connectivity index (χ1) is 14.5. The zero-order valence-corrected chi connectivity index (χ0v) is 16.8. The van der Waals surface area contributed by atoms with E-state index in [2.05, 4.69) is 25.2 Å². The molecule has 1 aromatic carbocycles. The van der Waals surface area contributed by atoms with Gasteiger partial charge in [0.1, 0.15) is 22.9 Å². The molecule has 0 atom stereocenters. The lowest BCUT2D eigenvalue weighted by atomic mass is 10.1. The second kappa shape index (κ2) is 8.26. The number of carbonyl (C=O) groups is 1. The highest BCUT2D eigenvalue weighted by Crippen LogP contribution is 2.32. The smallest absolute Gasteiger partial charge is 0.365 e. The molecule has 2 aromatic heterocycles. The van der Waals surface area contributed by atoms with E-state index < -0.39 is 27.7 Å². The molecule has 13 heteroatoms. The van der Waals surface area contributed by atoms with E-state index in [1.54, 1.807) is 0 Å². The Morgan fingerprint density at radius 1 is 1.19 bits per heavy atom. The number of amides is 1. The zero-order chi connectivity index (χ0) is 22.8. The number of pyridine rings is 1. The number of hydrogen-bond acceptors (Lipinski definition) is 6. The van der Waals surface area contributed by atoms with Crippen molar-refractivity contribution in [2.24, 2.45) is 5.73 Å². The SMILES string of the molecule is CCS(=O)(=O)Nc1ccc(-c2n[nH]c(Nc3cc(C(F)(F)F)ccn3)c2C(N)=O)cc1. The van der Waals surface area contributed by atoms with Crippen LogP contribution in [0.25, 0.3) is 11.3 Å². The highest BCUT2D eigenvalue weighted by Gasteiger charge is 2.31. The maximum absolute atomic E-state index is 12.9. The number of halogens is 3. The van der Waals surface area contributed by atoms with Gasteiger partial charge in [0.25, 0.3) is 5.91 Å². The highest BCUT2D eigenvalue weighted by atomic mass is 32.2. The summed E-state index contributed by atoms with van der Waals surface area (Å²) in [6.07, 6.45) is -3.59. The van der Waals surface area contributed by atoms with Gasteiger partial charge in [-0.1, -0.05) is 12.1 Å². The Labute approximate surface area is 174 Å². The monoisotopic (exact) mass is 454 g/mol.